The summed E-state index contributed by atoms with van der Waals surface area (Å²) in [6.45, 7) is 4.31. The molecule has 1 N–H and O–H groups in total. The van der Waals surface area contributed by atoms with E-state index in [2.05, 4.69) is 0 Å². The minimum Gasteiger partial charge on any atom is -0.393 e. The first-order valence-corrected chi connectivity index (χ1v) is 6.40. The third-order valence-corrected chi connectivity index (χ3v) is 3.90. The summed E-state index contributed by atoms with van der Waals surface area (Å²) < 4.78 is 0. The Morgan fingerprint density at radius 3 is 2.29 bits per heavy atom. The number of imide groups is 1. The summed E-state index contributed by atoms with van der Waals surface area (Å²) in [5.41, 5.74) is -0.209. The molecule has 0 aromatic carbocycles. The average molecular weight is 239 g/mol. The van der Waals surface area contributed by atoms with Crippen LogP contribution >= 0.6 is 0 Å². The molecule has 0 bridgehead atoms. The molecule has 0 aromatic heterocycles. The summed E-state index contributed by atoms with van der Waals surface area (Å²) in [7, 11) is 0. The molecule has 1 saturated heterocycles. The second kappa shape index (κ2) is 4.41. The molecular weight excluding hydrogens is 218 g/mol. The van der Waals surface area contributed by atoms with E-state index in [0.29, 0.717) is 19.4 Å². The van der Waals surface area contributed by atoms with E-state index in [1.165, 1.54) is 4.90 Å². The standard InChI is InChI=1S/C13H21NO3/c1-13(2)6-11(16)14(12(17)7-13)8-9-4-3-5-10(9)15/h9-10,15H,3-8H2,1-2H3. The Bertz CT molecular complexity index is 318. The molecule has 2 aliphatic rings. The molecule has 2 amide bonds. The van der Waals surface area contributed by atoms with Gasteiger partial charge in [0, 0.05) is 25.3 Å². The van der Waals surface area contributed by atoms with Crippen molar-refractivity contribution in [3.8, 4) is 0 Å². The number of hydrogen-bond acceptors (Lipinski definition) is 3. The molecule has 2 rings (SSSR count). The average Bonchev–Trinajstić information content (AvgIpc) is 2.56. The maximum atomic E-state index is 11.9. The zero-order valence-electron chi connectivity index (χ0n) is 10.6. The molecule has 96 valence electrons. The summed E-state index contributed by atoms with van der Waals surface area (Å²) in [6.07, 6.45) is 3.23. The molecule has 1 aliphatic heterocycles. The fourth-order valence-electron chi connectivity index (χ4n) is 2.88. The van der Waals surface area contributed by atoms with Gasteiger partial charge in [0.15, 0.2) is 0 Å². The lowest BCUT2D eigenvalue weighted by atomic mass is 9.81. The molecule has 4 nitrogen and oxygen atoms in total. The number of likely N-dealkylation sites (tertiary alicyclic amines) is 1. The van der Waals surface area contributed by atoms with Gasteiger partial charge in [0.2, 0.25) is 11.8 Å². The van der Waals surface area contributed by atoms with Gasteiger partial charge in [-0.15, -0.1) is 0 Å². The molecule has 2 fully saturated rings. The Labute approximate surface area is 102 Å². The van der Waals surface area contributed by atoms with Crippen molar-refractivity contribution in [2.24, 2.45) is 11.3 Å². The minimum absolute atomic E-state index is 0.0784. The minimum atomic E-state index is -0.342. The van der Waals surface area contributed by atoms with Gasteiger partial charge in [0.25, 0.3) is 0 Å². The van der Waals surface area contributed by atoms with Gasteiger partial charge in [-0.05, 0) is 18.3 Å². The van der Waals surface area contributed by atoms with Gasteiger partial charge in [-0.1, -0.05) is 20.3 Å². The normalized spacial score (nSPS) is 33.2. The molecule has 2 unspecified atom stereocenters. The van der Waals surface area contributed by atoms with Crippen molar-refractivity contribution in [1.29, 1.82) is 0 Å². The van der Waals surface area contributed by atoms with Gasteiger partial charge in [-0.3, -0.25) is 14.5 Å². The predicted octanol–water partition coefficient (Wildman–Crippen LogP) is 1.32. The van der Waals surface area contributed by atoms with E-state index in [1.54, 1.807) is 0 Å². The van der Waals surface area contributed by atoms with Crippen LogP contribution in [0, 0.1) is 11.3 Å². The van der Waals surface area contributed by atoms with Crippen molar-refractivity contribution in [3.63, 3.8) is 0 Å². The number of carbonyl (C=O) groups excluding carboxylic acids is 2. The molecule has 17 heavy (non-hydrogen) atoms. The molecule has 2 atom stereocenters. The Morgan fingerprint density at radius 2 is 1.82 bits per heavy atom. The maximum Gasteiger partial charge on any atom is 0.229 e. The molecule has 1 saturated carbocycles. The summed E-state index contributed by atoms with van der Waals surface area (Å²) in [4.78, 5) is 25.2. The second-order valence-corrected chi connectivity index (χ2v) is 6.17. The van der Waals surface area contributed by atoms with Crippen LogP contribution in [0.5, 0.6) is 0 Å². The van der Waals surface area contributed by atoms with E-state index < -0.39 is 0 Å². The van der Waals surface area contributed by atoms with Gasteiger partial charge in [0.05, 0.1) is 6.10 Å². The van der Waals surface area contributed by atoms with Crippen LogP contribution in [0.1, 0.15) is 46.0 Å². The van der Waals surface area contributed by atoms with Crippen molar-refractivity contribution >= 4 is 11.8 Å². The van der Waals surface area contributed by atoms with Crippen LogP contribution in [-0.4, -0.2) is 34.5 Å². The van der Waals surface area contributed by atoms with Crippen LogP contribution in [0.4, 0.5) is 0 Å². The summed E-state index contributed by atoms with van der Waals surface area (Å²) in [5.74, 6) is -0.0696. The van der Waals surface area contributed by atoms with Crippen LogP contribution < -0.4 is 0 Å². The highest BCUT2D eigenvalue weighted by atomic mass is 16.3. The molecule has 0 spiro atoms. The number of hydrogen-bond donors (Lipinski definition) is 1. The third kappa shape index (κ3) is 2.68. The Hall–Kier alpha value is -0.900. The fourth-order valence-corrected chi connectivity index (χ4v) is 2.88. The largest absolute Gasteiger partial charge is 0.393 e. The van der Waals surface area contributed by atoms with Crippen LogP contribution in [0.2, 0.25) is 0 Å². The zero-order chi connectivity index (χ0) is 12.6. The van der Waals surface area contributed by atoms with Crippen molar-refractivity contribution in [1.82, 2.24) is 4.90 Å². The molecule has 0 aromatic rings. The van der Waals surface area contributed by atoms with Gasteiger partial charge in [-0.25, -0.2) is 0 Å². The number of aliphatic hydroxyl groups is 1. The van der Waals surface area contributed by atoms with Crippen molar-refractivity contribution in [2.45, 2.75) is 52.1 Å². The van der Waals surface area contributed by atoms with E-state index in [4.69, 9.17) is 0 Å². The van der Waals surface area contributed by atoms with Crippen molar-refractivity contribution in [2.75, 3.05) is 6.54 Å². The second-order valence-electron chi connectivity index (χ2n) is 6.17. The van der Waals surface area contributed by atoms with Crippen LogP contribution in [-0.2, 0) is 9.59 Å². The van der Waals surface area contributed by atoms with Gasteiger partial charge < -0.3 is 5.11 Å². The van der Waals surface area contributed by atoms with Gasteiger partial charge >= 0.3 is 0 Å². The Kier molecular flexibility index (Phi) is 3.25. The zero-order valence-corrected chi connectivity index (χ0v) is 10.6. The molecule has 1 heterocycles. The lowest BCUT2D eigenvalue weighted by molar-refractivity contribution is -0.153. The highest BCUT2D eigenvalue weighted by Gasteiger charge is 2.39. The van der Waals surface area contributed by atoms with E-state index >= 15 is 0 Å². The quantitative estimate of drug-likeness (QED) is 0.739. The summed E-state index contributed by atoms with van der Waals surface area (Å²) in [6, 6.07) is 0. The van der Waals surface area contributed by atoms with Gasteiger partial charge in [0.1, 0.15) is 0 Å². The molecule has 0 radical (unpaired) electrons. The fraction of sp³-hybridized carbons (Fsp3) is 0.846. The Morgan fingerprint density at radius 1 is 1.24 bits per heavy atom. The van der Waals surface area contributed by atoms with E-state index in [0.717, 1.165) is 19.3 Å². The first-order valence-electron chi connectivity index (χ1n) is 6.40. The number of amides is 2. The third-order valence-electron chi connectivity index (χ3n) is 3.90. The maximum absolute atomic E-state index is 11.9. The topological polar surface area (TPSA) is 57.6 Å². The lowest BCUT2D eigenvalue weighted by Crippen LogP contribution is -2.48. The van der Waals surface area contributed by atoms with E-state index in [1.807, 2.05) is 13.8 Å². The monoisotopic (exact) mass is 239 g/mol. The number of aliphatic hydroxyl groups excluding tert-OH is 1. The van der Waals surface area contributed by atoms with E-state index in [-0.39, 0.29) is 29.3 Å². The molecular formula is C13H21NO3. The lowest BCUT2D eigenvalue weighted by Gasteiger charge is -2.36. The number of rotatable bonds is 2. The summed E-state index contributed by atoms with van der Waals surface area (Å²) >= 11 is 0. The first-order chi connectivity index (χ1) is 7.89. The highest BCUT2D eigenvalue weighted by molar-refractivity contribution is 5.98. The number of carbonyl (C=O) groups is 2. The SMILES string of the molecule is CC1(C)CC(=O)N(CC2CCCC2O)C(=O)C1. The highest BCUT2D eigenvalue weighted by Crippen LogP contribution is 2.33. The summed E-state index contributed by atoms with van der Waals surface area (Å²) in [5, 5.41) is 9.75. The predicted molar refractivity (Wildman–Crippen MR) is 63.1 cm³/mol. The van der Waals surface area contributed by atoms with Crippen LogP contribution in [0.25, 0.3) is 0 Å². The Balaban J connectivity index is 2.01. The van der Waals surface area contributed by atoms with E-state index in [9.17, 15) is 14.7 Å². The van der Waals surface area contributed by atoms with Crippen LogP contribution in [0.15, 0.2) is 0 Å². The number of piperidine rings is 1. The van der Waals surface area contributed by atoms with Crippen molar-refractivity contribution in [3.05, 3.63) is 0 Å². The number of nitrogens with zero attached hydrogens (tertiary/aromatic N) is 1. The van der Waals surface area contributed by atoms with Crippen LogP contribution in [0.3, 0.4) is 0 Å². The van der Waals surface area contributed by atoms with Crippen molar-refractivity contribution < 1.29 is 14.7 Å². The first kappa shape index (κ1) is 12.6. The molecule has 4 heteroatoms. The van der Waals surface area contributed by atoms with Gasteiger partial charge in [-0.2, -0.15) is 0 Å². The smallest absolute Gasteiger partial charge is 0.229 e. The molecule has 1 aliphatic carbocycles.